The van der Waals surface area contributed by atoms with Gasteiger partial charge >= 0.3 is 0 Å². The number of carbonyl (C=O) groups is 1. The molecule has 2 aromatic heterocycles. The average Bonchev–Trinajstić information content (AvgIpc) is 3.34. The van der Waals surface area contributed by atoms with Gasteiger partial charge in [0, 0.05) is 72.7 Å². The van der Waals surface area contributed by atoms with E-state index in [1.807, 2.05) is 56.5 Å². The van der Waals surface area contributed by atoms with Gasteiger partial charge < -0.3 is 30.1 Å². The molecule has 1 unspecified atom stereocenters. The fourth-order valence-corrected chi connectivity index (χ4v) is 9.39. The smallest absolute Gasteiger partial charge is 0.229 e. The Morgan fingerprint density at radius 2 is 1.64 bits per heavy atom. The summed E-state index contributed by atoms with van der Waals surface area (Å²) in [5, 5.41) is 5.87. The number of likely N-dealkylation sites (tertiary alicyclic amines) is 1. The number of nitrogens with one attached hydrogen (secondary N) is 2. The maximum Gasteiger partial charge on any atom is 0.229 e. The molecule has 0 radical (unpaired) electrons. The third-order valence-corrected chi connectivity index (χ3v) is 13.2. The first kappa shape index (κ1) is 52.3. The van der Waals surface area contributed by atoms with Crippen molar-refractivity contribution in [2.75, 3.05) is 51.0 Å². The molecule has 0 spiro atoms. The number of anilines is 3. The Hall–Kier alpha value is -5.68. The van der Waals surface area contributed by atoms with Crippen LogP contribution in [-0.2, 0) is 17.6 Å². The molecule has 2 aromatic carbocycles. The number of nitrogens with zero attached hydrogens (tertiary/aromatic N) is 6. The zero-order valence-electron chi connectivity index (χ0n) is 41.1. The van der Waals surface area contributed by atoms with E-state index in [-0.39, 0.29) is 29.5 Å². The lowest BCUT2D eigenvalue weighted by molar-refractivity contribution is -0.111. The largest absolute Gasteiger partial charge is 0.375 e. The van der Waals surface area contributed by atoms with Crippen LogP contribution in [0.25, 0.3) is 23.0 Å². The molecule has 0 bridgehead atoms. The Labute approximate surface area is 400 Å². The molecule has 0 saturated carbocycles. The Morgan fingerprint density at radius 3 is 2.30 bits per heavy atom. The van der Waals surface area contributed by atoms with Crippen LogP contribution in [0.5, 0.6) is 0 Å². The van der Waals surface area contributed by atoms with Gasteiger partial charge in [-0.15, -0.1) is 6.58 Å². The quantitative estimate of drug-likeness (QED) is 0.0405. The molecule has 11 heteroatoms. The highest BCUT2D eigenvalue weighted by atomic mass is 19.1. The van der Waals surface area contributed by atoms with E-state index >= 15 is 8.78 Å². The Morgan fingerprint density at radius 1 is 0.925 bits per heavy atom. The van der Waals surface area contributed by atoms with E-state index in [2.05, 4.69) is 99.8 Å². The van der Waals surface area contributed by atoms with Crippen LogP contribution in [0.3, 0.4) is 0 Å². The number of unbranched alkanes of at least 4 members (excludes halogenated alkanes) is 6. The summed E-state index contributed by atoms with van der Waals surface area (Å²) in [5.74, 6) is 0.256. The SMILES string of the molecule is C=CCCC(C=O)N(C)C(=C)c1c(C=C)cccc1CCCCCCCCCC(=C)N1CCC(c2ccc(Nc3ncc(F)c(-c4cc(F)c5c(c4)N(C(C)C)CCC5)n3)nc2)CC1.CNC. The number of rotatable bonds is 24. The number of aryl methyl sites for hydroxylation is 1. The first-order valence-electron chi connectivity index (χ1n) is 24.5. The molecule has 1 atom stereocenters. The van der Waals surface area contributed by atoms with E-state index in [0.717, 1.165) is 106 Å². The van der Waals surface area contributed by atoms with Gasteiger partial charge in [-0.2, -0.15) is 0 Å². The number of aromatic nitrogens is 3. The van der Waals surface area contributed by atoms with Crippen molar-refractivity contribution in [1.82, 2.24) is 30.1 Å². The number of aldehydes is 1. The van der Waals surface area contributed by atoms with Crippen LogP contribution in [-0.4, -0.2) is 83.9 Å². The number of allylic oxidation sites excluding steroid dienone is 2. The summed E-state index contributed by atoms with van der Waals surface area (Å²) in [6.45, 7) is 23.7. The van der Waals surface area contributed by atoms with E-state index in [4.69, 9.17) is 0 Å². The lowest BCUT2D eigenvalue weighted by Gasteiger charge is -2.35. The second kappa shape index (κ2) is 26.6. The summed E-state index contributed by atoms with van der Waals surface area (Å²) in [6.07, 6.45) is 23.3. The molecule has 4 aromatic rings. The lowest BCUT2D eigenvalue weighted by Crippen LogP contribution is -2.35. The topological polar surface area (TPSA) is 89.5 Å². The number of likely N-dealkylation sites (N-methyl/N-ethyl adjacent to an activating group) is 1. The van der Waals surface area contributed by atoms with Crippen molar-refractivity contribution in [1.29, 1.82) is 0 Å². The highest BCUT2D eigenvalue weighted by molar-refractivity contribution is 5.76. The second-order valence-corrected chi connectivity index (χ2v) is 18.4. The summed E-state index contributed by atoms with van der Waals surface area (Å²) >= 11 is 0. The monoisotopic (exact) mass is 915 g/mol. The van der Waals surface area contributed by atoms with E-state index in [9.17, 15) is 4.79 Å². The van der Waals surface area contributed by atoms with Crippen LogP contribution in [0.2, 0.25) is 0 Å². The standard InChI is InChI=1S/C54H69F2N7O.C2H7N/c1-8-10-24-46(37-64)61(7)40(6)52-41(9-2)22-18-23-43(52)21-17-15-13-11-12-14-16-20-39(5)62-31-28-42(29-32-62)44-26-27-51(57-35-44)59-54-58-36-49(56)53(60-54)45-33-48(55)47-25-19-30-63(38(3)4)50(47)34-45;1-3-2/h8-9,18,22-23,26-27,33-38,42,46H,1-2,5-6,10-17,19-21,24-25,28-32H2,3-4,7H3,(H,57,58,59,60);3H,1-2H3. The molecule has 6 rings (SSSR count). The number of hydrogen-bond donors (Lipinski definition) is 2. The molecule has 2 aliphatic rings. The summed E-state index contributed by atoms with van der Waals surface area (Å²) in [6, 6.07) is 13.6. The number of carbonyl (C=O) groups excluding carboxylic acids is 1. The molecule has 0 amide bonds. The van der Waals surface area contributed by atoms with Crippen molar-refractivity contribution < 1.29 is 13.6 Å². The van der Waals surface area contributed by atoms with Gasteiger partial charge in [0.1, 0.15) is 23.6 Å². The minimum absolute atomic E-state index is 0.0564. The van der Waals surface area contributed by atoms with Gasteiger partial charge in [-0.3, -0.25) is 0 Å². The van der Waals surface area contributed by atoms with Crippen LogP contribution < -0.4 is 15.5 Å². The number of fused-ring (bicyclic) bond motifs is 1. The summed E-state index contributed by atoms with van der Waals surface area (Å²) in [5.41, 5.74) is 8.67. The molecule has 1 saturated heterocycles. The molecular weight excluding hydrogens is 839 g/mol. The number of halogens is 2. The normalized spacial score (nSPS) is 14.1. The number of piperidine rings is 1. The fourth-order valence-electron chi connectivity index (χ4n) is 9.39. The number of hydrogen-bond acceptors (Lipinski definition) is 9. The van der Waals surface area contributed by atoms with Crippen LogP contribution in [0.4, 0.5) is 26.2 Å². The summed E-state index contributed by atoms with van der Waals surface area (Å²) in [4.78, 5) is 31.8. The Kier molecular flexibility index (Phi) is 20.8. The van der Waals surface area contributed by atoms with Crippen molar-refractivity contribution in [3.05, 3.63) is 132 Å². The number of pyridine rings is 1. The van der Waals surface area contributed by atoms with Crippen molar-refractivity contribution in [3.8, 4) is 11.3 Å². The molecule has 67 heavy (non-hydrogen) atoms. The third kappa shape index (κ3) is 14.4. The molecule has 2 aliphatic heterocycles. The molecule has 360 valence electrons. The third-order valence-electron chi connectivity index (χ3n) is 13.2. The van der Waals surface area contributed by atoms with E-state index in [1.165, 1.54) is 61.4 Å². The molecular formula is C56H76F2N8O. The number of benzene rings is 2. The summed E-state index contributed by atoms with van der Waals surface area (Å²) in [7, 11) is 5.71. The first-order chi connectivity index (χ1) is 32.4. The zero-order chi connectivity index (χ0) is 48.3. The molecule has 1 fully saturated rings. The zero-order valence-corrected chi connectivity index (χ0v) is 41.1. The van der Waals surface area contributed by atoms with Gasteiger partial charge in [0.15, 0.2) is 5.82 Å². The highest BCUT2D eigenvalue weighted by Gasteiger charge is 2.26. The van der Waals surface area contributed by atoms with Crippen LogP contribution in [0.15, 0.2) is 92.9 Å². The average molecular weight is 915 g/mol. The van der Waals surface area contributed by atoms with Gasteiger partial charge in [-0.05, 0) is 133 Å². The Balaban J connectivity index is 0.00000273. The van der Waals surface area contributed by atoms with Crippen LogP contribution in [0.1, 0.15) is 131 Å². The van der Waals surface area contributed by atoms with E-state index in [0.29, 0.717) is 29.3 Å². The maximum absolute atomic E-state index is 15.3. The van der Waals surface area contributed by atoms with Gasteiger partial charge in [0.25, 0.3) is 0 Å². The maximum atomic E-state index is 15.3. The van der Waals surface area contributed by atoms with Gasteiger partial charge in [-0.1, -0.05) is 88.3 Å². The van der Waals surface area contributed by atoms with Crippen molar-refractivity contribution in [2.24, 2.45) is 0 Å². The van der Waals surface area contributed by atoms with Gasteiger partial charge in [-0.25, -0.2) is 23.7 Å². The Bertz CT molecular complexity index is 2250. The van der Waals surface area contributed by atoms with Crippen molar-refractivity contribution in [2.45, 2.75) is 128 Å². The minimum atomic E-state index is -0.604. The fraction of sp³-hybridized carbons (Fsp3) is 0.464. The molecule has 2 N–H and O–H groups in total. The summed E-state index contributed by atoms with van der Waals surface area (Å²) < 4.78 is 30.4. The predicted octanol–water partition coefficient (Wildman–Crippen LogP) is 12.7. The van der Waals surface area contributed by atoms with Gasteiger partial charge in [0.2, 0.25) is 5.95 Å². The molecule has 9 nitrogen and oxygen atoms in total. The van der Waals surface area contributed by atoms with E-state index < -0.39 is 5.82 Å². The van der Waals surface area contributed by atoms with Crippen molar-refractivity contribution in [3.63, 3.8) is 0 Å². The second-order valence-electron chi connectivity index (χ2n) is 18.4. The predicted molar refractivity (Wildman–Crippen MR) is 277 cm³/mol. The molecule has 4 heterocycles. The highest BCUT2D eigenvalue weighted by Crippen LogP contribution is 2.37. The van der Waals surface area contributed by atoms with Crippen molar-refractivity contribution >= 4 is 35.5 Å². The van der Waals surface area contributed by atoms with Crippen LogP contribution >= 0.6 is 0 Å². The lowest BCUT2D eigenvalue weighted by atomic mass is 9.90. The molecule has 0 aliphatic carbocycles. The first-order valence-corrected chi connectivity index (χ1v) is 24.5. The minimum Gasteiger partial charge on any atom is -0.375 e. The van der Waals surface area contributed by atoms with Gasteiger partial charge in [0.05, 0.1) is 12.2 Å². The van der Waals surface area contributed by atoms with Crippen LogP contribution in [0, 0.1) is 11.6 Å². The van der Waals surface area contributed by atoms with E-state index in [1.54, 1.807) is 0 Å².